The average molecular weight is 567 g/mol. The van der Waals surface area contributed by atoms with E-state index in [1.807, 2.05) is 32.0 Å². The van der Waals surface area contributed by atoms with Crippen LogP contribution < -0.4 is 10.0 Å². The summed E-state index contributed by atoms with van der Waals surface area (Å²) in [5.41, 5.74) is 1.84. The van der Waals surface area contributed by atoms with Crippen LogP contribution in [0.15, 0.2) is 76.3 Å². The lowest BCUT2D eigenvalue weighted by Gasteiger charge is -2.28. The van der Waals surface area contributed by atoms with Gasteiger partial charge >= 0.3 is 6.09 Å². The van der Waals surface area contributed by atoms with Crippen molar-refractivity contribution in [3.8, 4) is 0 Å². The molecule has 1 unspecified atom stereocenters. The van der Waals surface area contributed by atoms with Gasteiger partial charge in [0.2, 0.25) is 15.9 Å². The van der Waals surface area contributed by atoms with E-state index in [1.165, 1.54) is 29.4 Å². The van der Waals surface area contributed by atoms with E-state index in [1.54, 1.807) is 24.3 Å². The van der Waals surface area contributed by atoms with Gasteiger partial charge < -0.3 is 19.7 Å². The number of ketones is 1. The van der Waals surface area contributed by atoms with Crippen molar-refractivity contribution in [1.29, 1.82) is 0 Å². The van der Waals surface area contributed by atoms with E-state index in [0.717, 1.165) is 5.39 Å². The molecule has 2 amide bonds. The summed E-state index contributed by atoms with van der Waals surface area (Å²) in [4.78, 5) is 42.8. The minimum Gasteiger partial charge on any atom is -0.465 e. The molecular formula is C28H30N4O7S. The number of carboxylic acid groups (broad SMARTS) is 1. The Bertz CT molecular complexity index is 1630. The SMILES string of the molecule is CC(C)CC(NC(=O)O)C(=O)N(CC(=O)CNS(=O)(=O)c1ccc2oc3ccccc3c2c1)Cc1ccncc1. The number of pyridine rings is 1. The van der Waals surface area contributed by atoms with Gasteiger partial charge in [0.1, 0.15) is 17.2 Å². The molecule has 210 valence electrons. The van der Waals surface area contributed by atoms with E-state index in [-0.39, 0.29) is 23.8 Å². The van der Waals surface area contributed by atoms with Gasteiger partial charge in [-0.2, -0.15) is 0 Å². The molecule has 3 N–H and O–H groups in total. The van der Waals surface area contributed by atoms with Crippen LogP contribution in [0.25, 0.3) is 21.9 Å². The summed E-state index contributed by atoms with van der Waals surface area (Å²) in [6.07, 6.45) is 1.94. The van der Waals surface area contributed by atoms with Gasteiger partial charge in [0, 0.05) is 29.7 Å². The lowest BCUT2D eigenvalue weighted by atomic mass is 10.0. The van der Waals surface area contributed by atoms with Crippen LogP contribution in [-0.4, -0.2) is 60.3 Å². The third kappa shape index (κ3) is 7.01. The number of Topliss-reactive ketones (excluding diaryl/α,β-unsaturated/α-hetero) is 1. The normalized spacial score (nSPS) is 12.5. The van der Waals surface area contributed by atoms with Gasteiger partial charge in [0.15, 0.2) is 5.78 Å². The number of fused-ring (bicyclic) bond motifs is 3. The highest BCUT2D eigenvalue weighted by molar-refractivity contribution is 7.89. The molecule has 11 nitrogen and oxygen atoms in total. The maximum atomic E-state index is 13.4. The Hall–Kier alpha value is -4.29. The molecule has 4 aromatic rings. The first-order valence-electron chi connectivity index (χ1n) is 12.6. The fourth-order valence-electron chi connectivity index (χ4n) is 4.38. The van der Waals surface area contributed by atoms with Crippen LogP contribution in [0, 0.1) is 5.92 Å². The lowest BCUT2D eigenvalue weighted by Crippen LogP contribution is -2.50. The van der Waals surface area contributed by atoms with Crippen molar-refractivity contribution < 1.29 is 32.3 Å². The second kappa shape index (κ2) is 12.3. The van der Waals surface area contributed by atoms with E-state index < -0.39 is 46.9 Å². The first-order valence-corrected chi connectivity index (χ1v) is 14.1. The van der Waals surface area contributed by atoms with Gasteiger partial charge in [-0.15, -0.1) is 0 Å². The predicted molar refractivity (Wildman–Crippen MR) is 148 cm³/mol. The van der Waals surface area contributed by atoms with Crippen LogP contribution in [0.4, 0.5) is 4.79 Å². The first kappa shape index (κ1) is 28.7. The molecule has 40 heavy (non-hydrogen) atoms. The standard InChI is InChI=1S/C28H30N4O7S/c1-18(2)13-24(31-28(35)36)27(34)32(16-19-9-11-29-12-10-19)17-20(33)15-30-40(37,38)21-7-8-26-23(14-21)22-5-3-4-6-25(22)39-26/h3-12,14,18,24,30-31H,13,15-17H2,1-2H3,(H,35,36). The van der Waals surface area contributed by atoms with Crippen molar-refractivity contribution in [1.82, 2.24) is 19.9 Å². The van der Waals surface area contributed by atoms with Crippen molar-refractivity contribution >= 4 is 49.7 Å². The number of carbonyl (C=O) groups is 3. The van der Waals surface area contributed by atoms with Crippen molar-refractivity contribution in [3.63, 3.8) is 0 Å². The number of sulfonamides is 1. The Labute approximate surface area is 231 Å². The average Bonchev–Trinajstić information content (AvgIpc) is 3.29. The fourth-order valence-corrected chi connectivity index (χ4v) is 5.42. The first-order chi connectivity index (χ1) is 19.0. The summed E-state index contributed by atoms with van der Waals surface area (Å²) >= 11 is 0. The Morgan fingerprint density at radius 1 is 1.00 bits per heavy atom. The summed E-state index contributed by atoms with van der Waals surface area (Å²) in [5, 5.41) is 12.9. The summed E-state index contributed by atoms with van der Waals surface area (Å²) in [6, 6.07) is 14.0. The summed E-state index contributed by atoms with van der Waals surface area (Å²) in [6.45, 7) is 2.72. The molecule has 4 rings (SSSR count). The third-order valence-corrected chi connectivity index (χ3v) is 7.62. The molecule has 12 heteroatoms. The van der Waals surface area contributed by atoms with Crippen molar-refractivity contribution in [2.45, 2.75) is 37.8 Å². The molecule has 0 aliphatic heterocycles. The Kier molecular flexibility index (Phi) is 8.80. The number of nitrogens with zero attached hydrogens (tertiary/aromatic N) is 2. The maximum absolute atomic E-state index is 13.4. The van der Waals surface area contributed by atoms with Gasteiger partial charge in [0.05, 0.1) is 18.0 Å². The lowest BCUT2D eigenvalue weighted by molar-refractivity contribution is -0.137. The van der Waals surface area contributed by atoms with E-state index in [9.17, 15) is 27.9 Å². The molecule has 2 aromatic heterocycles. The van der Waals surface area contributed by atoms with E-state index in [2.05, 4.69) is 15.0 Å². The van der Waals surface area contributed by atoms with Crippen LogP contribution in [0.5, 0.6) is 0 Å². The summed E-state index contributed by atoms with van der Waals surface area (Å²) < 4.78 is 34.2. The molecule has 2 aromatic carbocycles. The largest absolute Gasteiger partial charge is 0.465 e. The van der Waals surface area contributed by atoms with E-state index in [0.29, 0.717) is 22.1 Å². The zero-order valence-corrected chi connectivity index (χ0v) is 22.8. The molecule has 0 radical (unpaired) electrons. The number of hydrogen-bond donors (Lipinski definition) is 3. The van der Waals surface area contributed by atoms with Crippen LogP contribution in [0.2, 0.25) is 0 Å². The number of rotatable bonds is 12. The highest BCUT2D eigenvalue weighted by Crippen LogP contribution is 2.30. The topological polar surface area (TPSA) is 159 Å². The van der Waals surface area contributed by atoms with Gasteiger partial charge in [-0.3, -0.25) is 14.6 Å². The monoisotopic (exact) mass is 566 g/mol. The number of aromatic nitrogens is 1. The number of amides is 2. The molecule has 0 fully saturated rings. The Morgan fingerprint density at radius 3 is 2.40 bits per heavy atom. The molecule has 1 atom stereocenters. The summed E-state index contributed by atoms with van der Waals surface area (Å²) in [7, 11) is -4.07. The number of para-hydroxylation sites is 1. The second-order valence-electron chi connectivity index (χ2n) is 9.80. The highest BCUT2D eigenvalue weighted by Gasteiger charge is 2.29. The molecule has 0 spiro atoms. The van der Waals surface area contributed by atoms with Crippen molar-refractivity contribution in [2.24, 2.45) is 5.92 Å². The van der Waals surface area contributed by atoms with Crippen molar-refractivity contribution in [3.05, 3.63) is 72.6 Å². The molecule has 2 heterocycles. The van der Waals surface area contributed by atoms with Gasteiger partial charge in [0.25, 0.3) is 0 Å². The minimum absolute atomic E-state index is 0.00391. The quantitative estimate of drug-likeness (QED) is 0.235. The van der Waals surface area contributed by atoms with Crippen LogP contribution >= 0.6 is 0 Å². The fraction of sp³-hybridized carbons (Fsp3) is 0.286. The molecule has 0 saturated carbocycles. The minimum atomic E-state index is -4.07. The molecular weight excluding hydrogens is 536 g/mol. The molecule has 0 bridgehead atoms. The predicted octanol–water partition coefficient (Wildman–Crippen LogP) is 3.54. The smallest absolute Gasteiger partial charge is 0.405 e. The van der Waals surface area contributed by atoms with Gasteiger partial charge in [-0.1, -0.05) is 32.0 Å². The number of hydrogen-bond acceptors (Lipinski definition) is 7. The molecule has 0 saturated heterocycles. The maximum Gasteiger partial charge on any atom is 0.405 e. The number of benzene rings is 2. The van der Waals surface area contributed by atoms with Crippen LogP contribution in [0.1, 0.15) is 25.8 Å². The third-order valence-electron chi connectivity index (χ3n) is 6.22. The van der Waals surface area contributed by atoms with Crippen LogP contribution in [-0.2, 0) is 26.2 Å². The Balaban J connectivity index is 1.50. The van der Waals surface area contributed by atoms with E-state index >= 15 is 0 Å². The molecule has 0 aliphatic rings. The zero-order chi connectivity index (χ0) is 28.9. The zero-order valence-electron chi connectivity index (χ0n) is 22.0. The van der Waals surface area contributed by atoms with Gasteiger partial charge in [-0.25, -0.2) is 17.9 Å². The molecule has 0 aliphatic carbocycles. The number of nitrogens with one attached hydrogen (secondary N) is 2. The van der Waals surface area contributed by atoms with Crippen LogP contribution in [0.3, 0.4) is 0 Å². The van der Waals surface area contributed by atoms with Gasteiger partial charge in [-0.05, 0) is 54.3 Å². The van der Waals surface area contributed by atoms with E-state index in [4.69, 9.17) is 4.42 Å². The van der Waals surface area contributed by atoms with Crippen molar-refractivity contribution in [2.75, 3.05) is 13.1 Å². The number of carbonyl (C=O) groups excluding carboxylic acids is 2. The Morgan fingerprint density at radius 2 is 1.70 bits per heavy atom. The number of furan rings is 1. The highest BCUT2D eigenvalue weighted by atomic mass is 32.2. The second-order valence-corrected chi connectivity index (χ2v) is 11.6. The summed E-state index contributed by atoms with van der Waals surface area (Å²) in [5.74, 6) is -1.16.